The van der Waals surface area contributed by atoms with Gasteiger partial charge < -0.3 is 15.5 Å². The maximum absolute atomic E-state index is 13.0. The summed E-state index contributed by atoms with van der Waals surface area (Å²) in [4.78, 5) is 26.2. The van der Waals surface area contributed by atoms with Gasteiger partial charge in [-0.05, 0) is 75.3 Å². The first-order valence-corrected chi connectivity index (χ1v) is 10.9. The van der Waals surface area contributed by atoms with E-state index in [-0.39, 0.29) is 29.9 Å². The van der Waals surface area contributed by atoms with Gasteiger partial charge in [0.1, 0.15) is 0 Å². The van der Waals surface area contributed by atoms with Crippen LogP contribution in [0.1, 0.15) is 45.4 Å². The predicted octanol–water partition coefficient (Wildman–Crippen LogP) is 2.27. The van der Waals surface area contributed by atoms with E-state index < -0.39 is 0 Å². The third-order valence-corrected chi connectivity index (χ3v) is 7.48. The van der Waals surface area contributed by atoms with Gasteiger partial charge in [-0.15, -0.1) is 0 Å². The van der Waals surface area contributed by atoms with Crippen LogP contribution in [0.5, 0.6) is 0 Å². The highest BCUT2D eigenvalue weighted by Crippen LogP contribution is 2.55. The quantitative estimate of drug-likeness (QED) is 0.681. The van der Waals surface area contributed by atoms with Gasteiger partial charge in [0, 0.05) is 5.54 Å². The molecule has 0 aliphatic heterocycles. The molecule has 0 spiro atoms. The second-order valence-electron chi connectivity index (χ2n) is 9.46. The molecule has 4 bridgehead atoms. The van der Waals surface area contributed by atoms with Crippen molar-refractivity contribution in [2.45, 2.75) is 57.0 Å². The summed E-state index contributed by atoms with van der Waals surface area (Å²) in [6.45, 7) is 2.13. The molecule has 5 nitrogen and oxygen atoms in total. The summed E-state index contributed by atoms with van der Waals surface area (Å²) in [7, 11) is 1.90. The van der Waals surface area contributed by atoms with Crippen molar-refractivity contribution in [3.05, 3.63) is 29.3 Å². The van der Waals surface area contributed by atoms with Crippen molar-refractivity contribution < 1.29 is 14.5 Å². The Morgan fingerprint density at radius 3 is 2.29 bits per heavy atom. The Hall–Kier alpha value is -1.59. The van der Waals surface area contributed by atoms with Crippen LogP contribution in [0.2, 0.25) is 5.02 Å². The molecule has 1 unspecified atom stereocenters. The number of likely N-dealkylation sites (N-methyl/N-ethyl adjacent to an activating group) is 1. The zero-order valence-electron chi connectivity index (χ0n) is 16.8. The highest BCUT2D eigenvalue weighted by atomic mass is 35.5. The number of anilines is 1. The van der Waals surface area contributed by atoms with E-state index in [1.165, 1.54) is 19.3 Å². The molecule has 0 aromatic heterocycles. The fourth-order valence-corrected chi connectivity index (χ4v) is 6.20. The molecule has 6 heteroatoms. The maximum atomic E-state index is 13.0. The van der Waals surface area contributed by atoms with Crippen LogP contribution in [0.25, 0.3) is 0 Å². The lowest BCUT2D eigenvalue weighted by Crippen LogP contribution is -3.15. The molecule has 4 aliphatic carbocycles. The van der Waals surface area contributed by atoms with Crippen molar-refractivity contribution in [2.24, 2.45) is 17.8 Å². The first kappa shape index (κ1) is 19.7. The normalized spacial score (nSPS) is 32.6. The number of halogens is 1. The van der Waals surface area contributed by atoms with Gasteiger partial charge in [0.15, 0.2) is 12.6 Å². The van der Waals surface area contributed by atoms with Crippen LogP contribution < -0.4 is 15.5 Å². The van der Waals surface area contributed by atoms with Gasteiger partial charge in [-0.25, -0.2) is 0 Å². The molecule has 5 rings (SSSR count). The van der Waals surface area contributed by atoms with Crippen LogP contribution in [-0.4, -0.2) is 37.0 Å². The number of carbonyl (C=O) groups is 2. The Bertz CT molecular complexity index is 731. The molecule has 152 valence electrons. The molecule has 1 aromatic carbocycles. The first-order valence-electron chi connectivity index (χ1n) is 10.5. The van der Waals surface area contributed by atoms with Crippen molar-refractivity contribution in [1.29, 1.82) is 0 Å². The smallest absolute Gasteiger partial charge is 0.279 e. The summed E-state index contributed by atoms with van der Waals surface area (Å²) < 4.78 is 0. The monoisotopic (exact) mass is 404 g/mol. The molecule has 28 heavy (non-hydrogen) atoms. The van der Waals surface area contributed by atoms with E-state index in [9.17, 15) is 9.59 Å². The minimum atomic E-state index is -0.273. The molecule has 4 fully saturated rings. The Kier molecular flexibility index (Phi) is 5.41. The molecular weight excluding hydrogens is 374 g/mol. The van der Waals surface area contributed by atoms with Crippen LogP contribution in [0.15, 0.2) is 24.3 Å². The van der Waals surface area contributed by atoms with Gasteiger partial charge in [0.25, 0.3) is 11.8 Å². The molecular formula is C22H31ClN3O2+. The minimum absolute atomic E-state index is 0.0141. The van der Waals surface area contributed by atoms with E-state index in [1.54, 1.807) is 12.1 Å². The van der Waals surface area contributed by atoms with Crippen molar-refractivity contribution >= 4 is 29.1 Å². The Morgan fingerprint density at radius 1 is 1.14 bits per heavy atom. The molecule has 0 radical (unpaired) electrons. The number of rotatable bonds is 6. The van der Waals surface area contributed by atoms with E-state index >= 15 is 0 Å². The van der Waals surface area contributed by atoms with Gasteiger partial charge in [-0.2, -0.15) is 0 Å². The van der Waals surface area contributed by atoms with Crippen molar-refractivity contribution in [2.75, 3.05) is 18.9 Å². The van der Waals surface area contributed by atoms with Crippen molar-refractivity contribution in [1.82, 2.24) is 5.32 Å². The first-order chi connectivity index (χ1) is 13.3. The second kappa shape index (κ2) is 7.68. The highest BCUT2D eigenvalue weighted by Gasteiger charge is 2.52. The maximum Gasteiger partial charge on any atom is 0.279 e. The number of para-hydroxylation sites is 1. The molecule has 3 N–H and O–H groups in total. The summed E-state index contributed by atoms with van der Waals surface area (Å²) >= 11 is 6.10. The number of amides is 2. The summed E-state index contributed by atoms with van der Waals surface area (Å²) in [5, 5.41) is 6.78. The summed E-state index contributed by atoms with van der Waals surface area (Å²) in [6, 6.07) is 6.91. The standard InChI is InChI=1S/C22H30ClN3O2/c1-14(26(2)13-20(27)24-19-6-4-3-5-18(19)23)21(28)25-22-10-15-7-16(11-22)9-17(8-15)12-22/h3-6,14-17H,7-13H2,1-2H3,(H,24,27)(H,25,28)/p+1/t14-,15?,16?,17?,22?/m0/s1. The van der Waals surface area contributed by atoms with Crippen molar-refractivity contribution in [3.63, 3.8) is 0 Å². The van der Waals surface area contributed by atoms with Crippen LogP contribution in [0.4, 0.5) is 5.69 Å². The average molecular weight is 405 g/mol. The molecule has 4 saturated carbocycles. The van der Waals surface area contributed by atoms with Crippen molar-refractivity contribution in [3.8, 4) is 0 Å². The lowest BCUT2D eigenvalue weighted by Gasteiger charge is -2.57. The number of benzene rings is 1. The predicted molar refractivity (Wildman–Crippen MR) is 110 cm³/mol. The molecule has 0 heterocycles. The zero-order valence-corrected chi connectivity index (χ0v) is 17.5. The Labute approximate surface area is 172 Å². The molecule has 2 atom stereocenters. The summed E-state index contributed by atoms with van der Waals surface area (Å²) in [6.07, 6.45) is 7.50. The fraction of sp³-hybridized carbons (Fsp3) is 0.636. The largest absolute Gasteiger partial charge is 0.345 e. The number of hydrogen-bond acceptors (Lipinski definition) is 2. The van der Waals surface area contributed by atoms with Gasteiger partial charge in [0.2, 0.25) is 0 Å². The van der Waals surface area contributed by atoms with Crippen LogP contribution in [0.3, 0.4) is 0 Å². The van der Waals surface area contributed by atoms with Gasteiger partial charge in [-0.1, -0.05) is 23.7 Å². The van der Waals surface area contributed by atoms with E-state index in [2.05, 4.69) is 10.6 Å². The van der Waals surface area contributed by atoms with Crippen LogP contribution in [0, 0.1) is 17.8 Å². The van der Waals surface area contributed by atoms with Gasteiger partial charge >= 0.3 is 0 Å². The molecule has 0 saturated heterocycles. The molecule has 1 aromatic rings. The summed E-state index contributed by atoms with van der Waals surface area (Å²) in [5.74, 6) is 2.33. The topological polar surface area (TPSA) is 62.6 Å². The van der Waals surface area contributed by atoms with Gasteiger partial charge in [-0.3, -0.25) is 9.59 Å². The second-order valence-corrected chi connectivity index (χ2v) is 9.87. The number of quaternary nitrogens is 1. The lowest BCUT2D eigenvalue weighted by atomic mass is 9.53. The van der Waals surface area contributed by atoms with Crippen LogP contribution in [-0.2, 0) is 9.59 Å². The van der Waals surface area contributed by atoms with E-state index in [0.29, 0.717) is 10.7 Å². The van der Waals surface area contributed by atoms with Gasteiger partial charge in [0.05, 0.1) is 17.8 Å². The average Bonchev–Trinajstić information content (AvgIpc) is 2.61. The molecule has 4 aliphatic rings. The third-order valence-electron chi connectivity index (χ3n) is 7.15. The van der Waals surface area contributed by atoms with E-state index in [0.717, 1.165) is 41.9 Å². The summed E-state index contributed by atoms with van der Waals surface area (Å²) in [5.41, 5.74) is 0.618. The van der Waals surface area contributed by atoms with E-state index in [1.807, 2.05) is 26.1 Å². The third kappa shape index (κ3) is 4.06. The zero-order chi connectivity index (χ0) is 19.9. The SMILES string of the molecule is C[C@@H](C(=O)NC12CC3CC(CC(C3)C1)C2)[NH+](C)CC(=O)Nc1ccccc1Cl. The number of nitrogens with one attached hydrogen (secondary N) is 3. The Balaban J connectivity index is 1.32. The molecule has 2 amide bonds. The minimum Gasteiger partial charge on any atom is -0.345 e. The Morgan fingerprint density at radius 2 is 1.71 bits per heavy atom. The van der Waals surface area contributed by atoms with E-state index in [4.69, 9.17) is 11.6 Å². The fourth-order valence-electron chi connectivity index (χ4n) is 6.02. The number of hydrogen-bond donors (Lipinski definition) is 3. The lowest BCUT2D eigenvalue weighted by molar-refractivity contribution is -0.885. The number of carbonyl (C=O) groups excluding carboxylic acids is 2. The highest BCUT2D eigenvalue weighted by molar-refractivity contribution is 6.33. The van der Waals surface area contributed by atoms with Crippen LogP contribution >= 0.6 is 11.6 Å².